The van der Waals surface area contributed by atoms with Crippen LogP contribution in [0.2, 0.25) is 0 Å². The summed E-state index contributed by atoms with van der Waals surface area (Å²) in [5, 5.41) is 3.83. The molecule has 0 saturated heterocycles. The molecule has 3 rings (SSSR count). The Labute approximate surface area is 128 Å². The van der Waals surface area contributed by atoms with Gasteiger partial charge in [-0.25, -0.2) is 4.39 Å². The van der Waals surface area contributed by atoms with E-state index in [2.05, 4.69) is 10.3 Å². The fraction of sp³-hybridized carbons (Fsp3) is 0.167. The predicted molar refractivity (Wildman–Crippen MR) is 85.0 cm³/mol. The smallest absolute Gasteiger partial charge is 0.224 e. The van der Waals surface area contributed by atoms with Gasteiger partial charge in [-0.1, -0.05) is 36.4 Å². The SMILES string of the molecule is Cc1[nH]c2ccccc2c1CC(=O)NCc1ccccc1F. The van der Waals surface area contributed by atoms with E-state index in [1.807, 2.05) is 31.2 Å². The minimum atomic E-state index is -0.300. The average molecular weight is 296 g/mol. The van der Waals surface area contributed by atoms with Gasteiger partial charge in [0, 0.05) is 28.7 Å². The fourth-order valence-corrected chi connectivity index (χ4v) is 2.62. The van der Waals surface area contributed by atoms with Crippen molar-refractivity contribution < 1.29 is 9.18 Å². The van der Waals surface area contributed by atoms with Gasteiger partial charge in [-0.15, -0.1) is 0 Å². The van der Waals surface area contributed by atoms with Crippen molar-refractivity contribution >= 4 is 16.8 Å². The van der Waals surface area contributed by atoms with Crippen LogP contribution in [0.25, 0.3) is 10.9 Å². The number of benzene rings is 2. The number of hydrogen-bond donors (Lipinski definition) is 2. The Kier molecular flexibility index (Phi) is 3.92. The molecule has 1 heterocycles. The molecule has 3 aromatic rings. The Bertz CT molecular complexity index is 823. The second-order valence-corrected chi connectivity index (χ2v) is 5.32. The molecule has 0 radical (unpaired) electrons. The standard InChI is InChI=1S/C18H17FN2O/c1-12-15(14-7-3-5-9-17(14)21-12)10-18(22)20-11-13-6-2-4-8-16(13)19/h2-9,21H,10-11H2,1H3,(H,20,22). The third kappa shape index (κ3) is 2.86. The van der Waals surface area contributed by atoms with E-state index in [1.54, 1.807) is 18.2 Å². The Morgan fingerprint density at radius 3 is 2.68 bits per heavy atom. The van der Waals surface area contributed by atoms with E-state index in [4.69, 9.17) is 0 Å². The van der Waals surface area contributed by atoms with Crippen LogP contribution in [0.3, 0.4) is 0 Å². The van der Waals surface area contributed by atoms with Gasteiger partial charge in [-0.2, -0.15) is 0 Å². The van der Waals surface area contributed by atoms with E-state index >= 15 is 0 Å². The Morgan fingerprint density at radius 2 is 1.86 bits per heavy atom. The second-order valence-electron chi connectivity index (χ2n) is 5.32. The van der Waals surface area contributed by atoms with Gasteiger partial charge < -0.3 is 10.3 Å². The van der Waals surface area contributed by atoms with Gasteiger partial charge in [-0.3, -0.25) is 4.79 Å². The zero-order chi connectivity index (χ0) is 15.5. The monoisotopic (exact) mass is 296 g/mol. The molecule has 1 amide bonds. The maximum Gasteiger partial charge on any atom is 0.224 e. The van der Waals surface area contributed by atoms with E-state index in [-0.39, 0.29) is 24.7 Å². The minimum Gasteiger partial charge on any atom is -0.358 e. The lowest BCUT2D eigenvalue weighted by Gasteiger charge is -2.06. The van der Waals surface area contributed by atoms with Gasteiger partial charge >= 0.3 is 0 Å². The normalized spacial score (nSPS) is 10.8. The maximum atomic E-state index is 13.5. The molecule has 2 aromatic carbocycles. The summed E-state index contributed by atoms with van der Waals surface area (Å²) in [5.41, 5.74) is 3.49. The van der Waals surface area contributed by atoms with Crippen LogP contribution in [-0.4, -0.2) is 10.9 Å². The van der Waals surface area contributed by atoms with Crippen LogP contribution >= 0.6 is 0 Å². The van der Waals surface area contributed by atoms with Gasteiger partial charge in [0.05, 0.1) is 6.42 Å². The molecule has 3 nitrogen and oxygen atoms in total. The molecule has 0 unspecified atom stereocenters. The first-order valence-electron chi connectivity index (χ1n) is 7.21. The number of aromatic nitrogens is 1. The molecule has 0 spiro atoms. The van der Waals surface area contributed by atoms with Gasteiger partial charge in [-0.05, 0) is 24.6 Å². The van der Waals surface area contributed by atoms with Crippen LogP contribution < -0.4 is 5.32 Å². The largest absolute Gasteiger partial charge is 0.358 e. The van der Waals surface area contributed by atoms with E-state index in [9.17, 15) is 9.18 Å². The van der Waals surface area contributed by atoms with Crippen molar-refractivity contribution in [2.45, 2.75) is 19.9 Å². The van der Waals surface area contributed by atoms with Gasteiger partial charge in [0.15, 0.2) is 0 Å². The summed E-state index contributed by atoms with van der Waals surface area (Å²) >= 11 is 0. The van der Waals surface area contributed by atoms with Gasteiger partial charge in [0.1, 0.15) is 5.82 Å². The summed E-state index contributed by atoms with van der Waals surface area (Å²) in [5.74, 6) is -0.415. The van der Waals surface area contributed by atoms with Crippen LogP contribution in [0.4, 0.5) is 4.39 Å². The lowest BCUT2D eigenvalue weighted by atomic mass is 10.1. The van der Waals surface area contributed by atoms with Crippen LogP contribution in [-0.2, 0) is 17.8 Å². The third-order valence-corrected chi connectivity index (χ3v) is 3.80. The number of carbonyl (C=O) groups excluding carboxylic acids is 1. The van der Waals surface area contributed by atoms with E-state index in [1.165, 1.54) is 6.07 Å². The molecule has 0 fully saturated rings. The van der Waals surface area contributed by atoms with Crippen molar-refractivity contribution in [2.24, 2.45) is 0 Å². The summed E-state index contributed by atoms with van der Waals surface area (Å²) in [7, 11) is 0. The van der Waals surface area contributed by atoms with Crippen molar-refractivity contribution in [1.29, 1.82) is 0 Å². The van der Waals surface area contributed by atoms with Crippen molar-refractivity contribution in [3.8, 4) is 0 Å². The maximum absolute atomic E-state index is 13.5. The molecule has 2 N–H and O–H groups in total. The van der Waals surface area contributed by atoms with E-state index in [0.29, 0.717) is 5.56 Å². The molecule has 0 saturated carbocycles. The molecule has 0 bridgehead atoms. The zero-order valence-corrected chi connectivity index (χ0v) is 12.3. The summed E-state index contributed by atoms with van der Waals surface area (Å²) in [6, 6.07) is 14.4. The van der Waals surface area contributed by atoms with Crippen molar-refractivity contribution in [1.82, 2.24) is 10.3 Å². The first-order valence-corrected chi connectivity index (χ1v) is 7.21. The summed E-state index contributed by atoms with van der Waals surface area (Å²) < 4.78 is 13.5. The van der Waals surface area contributed by atoms with Gasteiger partial charge in [0.2, 0.25) is 5.91 Å². The fourth-order valence-electron chi connectivity index (χ4n) is 2.62. The highest BCUT2D eigenvalue weighted by Gasteiger charge is 2.12. The number of rotatable bonds is 4. The molecule has 112 valence electrons. The number of halogens is 1. The number of hydrogen-bond acceptors (Lipinski definition) is 1. The number of fused-ring (bicyclic) bond motifs is 1. The van der Waals surface area contributed by atoms with Crippen molar-refractivity contribution in [3.05, 3.63) is 71.2 Å². The molecular formula is C18H17FN2O. The van der Waals surface area contributed by atoms with E-state index in [0.717, 1.165) is 22.2 Å². The van der Waals surface area contributed by atoms with Crippen LogP contribution in [0.5, 0.6) is 0 Å². The highest BCUT2D eigenvalue weighted by atomic mass is 19.1. The molecule has 22 heavy (non-hydrogen) atoms. The van der Waals surface area contributed by atoms with Crippen LogP contribution in [0.15, 0.2) is 48.5 Å². The highest BCUT2D eigenvalue weighted by Crippen LogP contribution is 2.22. The number of carbonyl (C=O) groups is 1. The van der Waals surface area contributed by atoms with Crippen molar-refractivity contribution in [2.75, 3.05) is 0 Å². The van der Waals surface area contributed by atoms with Crippen molar-refractivity contribution in [3.63, 3.8) is 0 Å². The highest BCUT2D eigenvalue weighted by molar-refractivity contribution is 5.90. The van der Waals surface area contributed by atoms with E-state index < -0.39 is 0 Å². The molecule has 0 aliphatic carbocycles. The molecule has 0 atom stereocenters. The number of aromatic amines is 1. The second kappa shape index (κ2) is 6.02. The third-order valence-electron chi connectivity index (χ3n) is 3.80. The number of aryl methyl sites for hydroxylation is 1. The quantitative estimate of drug-likeness (QED) is 0.760. The topological polar surface area (TPSA) is 44.9 Å². The summed E-state index contributed by atoms with van der Waals surface area (Å²) in [6.45, 7) is 2.16. The Morgan fingerprint density at radius 1 is 1.14 bits per heavy atom. The first kappa shape index (κ1) is 14.3. The lowest BCUT2D eigenvalue weighted by Crippen LogP contribution is -2.25. The summed E-state index contributed by atoms with van der Waals surface area (Å²) in [6.07, 6.45) is 0.282. The minimum absolute atomic E-state index is 0.115. The molecular weight excluding hydrogens is 279 g/mol. The zero-order valence-electron chi connectivity index (χ0n) is 12.3. The van der Waals surface area contributed by atoms with Crippen LogP contribution in [0, 0.1) is 12.7 Å². The molecule has 1 aromatic heterocycles. The molecule has 0 aliphatic heterocycles. The molecule has 4 heteroatoms. The Balaban J connectivity index is 1.71. The number of amides is 1. The Hall–Kier alpha value is -2.62. The van der Waals surface area contributed by atoms with Crippen LogP contribution in [0.1, 0.15) is 16.8 Å². The number of para-hydroxylation sites is 1. The molecule has 0 aliphatic rings. The van der Waals surface area contributed by atoms with Gasteiger partial charge in [0.25, 0.3) is 0 Å². The number of nitrogens with one attached hydrogen (secondary N) is 2. The predicted octanol–water partition coefficient (Wildman–Crippen LogP) is 3.47. The summed E-state index contributed by atoms with van der Waals surface area (Å²) in [4.78, 5) is 15.4. The first-order chi connectivity index (χ1) is 10.6. The lowest BCUT2D eigenvalue weighted by molar-refractivity contribution is -0.120. The number of H-pyrrole nitrogens is 1. The average Bonchev–Trinajstić information content (AvgIpc) is 2.83.